The summed E-state index contributed by atoms with van der Waals surface area (Å²) in [5.41, 5.74) is -2.32. The molecule has 0 aliphatic heterocycles. The Kier molecular flexibility index (Phi) is 9.01. The molecule has 208 valence electrons. The summed E-state index contributed by atoms with van der Waals surface area (Å²) in [6.45, 7) is 6.03. The number of benzene rings is 2. The van der Waals surface area contributed by atoms with E-state index >= 15 is 4.39 Å². The molecule has 1 N–H and O–H groups in total. The maximum atomic E-state index is 15.8. The minimum Gasteiger partial charge on any atom is -0.460 e. The summed E-state index contributed by atoms with van der Waals surface area (Å²) < 4.78 is 62.5. The third-order valence-electron chi connectivity index (χ3n) is 6.70. The summed E-state index contributed by atoms with van der Waals surface area (Å²) >= 11 is 18.4. The van der Waals surface area contributed by atoms with Crippen LogP contribution in [-0.2, 0) is 20.7 Å². The highest BCUT2D eigenvalue weighted by Gasteiger charge is 2.48. The Morgan fingerprint density at radius 3 is 2.11 bits per heavy atom. The maximum Gasteiger partial charge on any atom is 0.392 e. The van der Waals surface area contributed by atoms with E-state index in [0.717, 1.165) is 13.3 Å². The number of nitrogens with one attached hydrogen (secondary N) is 1. The van der Waals surface area contributed by atoms with Gasteiger partial charge in [0, 0.05) is 15.6 Å². The summed E-state index contributed by atoms with van der Waals surface area (Å²) in [6, 6.07) is 6.54. The molecule has 4 nitrogen and oxygen atoms in total. The molecular formula is C27H28Cl3F4NO3. The zero-order valence-electron chi connectivity index (χ0n) is 21.2. The van der Waals surface area contributed by atoms with E-state index in [9.17, 15) is 22.8 Å². The summed E-state index contributed by atoms with van der Waals surface area (Å²) in [5.74, 6) is -6.45. The van der Waals surface area contributed by atoms with E-state index in [1.54, 1.807) is 20.8 Å². The summed E-state index contributed by atoms with van der Waals surface area (Å²) in [6.07, 6.45) is -3.22. The van der Waals surface area contributed by atoms with Crippen LogP contribution in [0.4, 0.5) is 23.2 Å². The number of hydrogen-bond acceptors (Lipinski definition) is 3. The molecule has 1 fully saturated rings. The van der Waals surface area contributed by atoms with Crippen molar-refractivity contribution in [3.8, 4) is 0 Å². The van der Waals surface area contributed by atoms with Crippen LogP contribution >= 0.6 is 34.8 Å². The summed E-state index contributed by atoms with van der Waals surface area (Å²) in [4.78, 5) is 26.2. The Bertz CT molecular complexity index is 1210. The van der Waals surface area contributed by atoms with E-state index in [-0.39, 0.29) is 32.6 Å². The van der Waals surface area contributed by atoms with E-state index in [4.69, 9.17) is 39.5 Å². The third kappa shape index (κ3) is 6.75. The quantitative estimate of drug-likeness (QED) is 0.257. The molecule has 0 saturated heterocycles. The van der Waals surface area contributed by atoms with Gasteiger partial charge in [0.1, 0.15) is 5.60 Å². The van der Waals surface area contributed by atoms with Gasteiger partial charge in [0.25, 0.3) is 0 Å². The summed E-state index contributed by atoms with van der Waals surface area (Å²) in [5, 5.41) is 2.16. The second-order valence-corrected chi connectivity index (χ2v) is 11.9. The molecule has 2 aromatic carbocycles. The fourth-order valence-electron chi connectivity index (χ4n) is 4.42. The highest BCUT2D eigenvalue weighted by molar-refractivity contribution is 6.37. The van der Waals surface area contributed by atoms with Crippen LogP contribution in [0.15, 0.2) is 30.3 Å². The van der Waals surface area contributed by atoms with Crippen LogP contribution in [0.2, 0.25) is 15.1 Å². The van der Waals surface area contributed by atoms with Gasteiger partial charge in [-0.15, -0.1) is 0 Å². The van der Waals surface area contributed by atoms with Crippen LogP contribution in [0.3, 0.4) is 0 Å². The van der Waals surface area contributed by atoms with Crippen molar-refractivity contribution < 1.29 is 31.9 Å². The number of ether oxygens (including phenoxy) is 1. The van der Waals surface area contributed by atoms with Crippen LogP contribution in [0.1, 0.15) is 64.0 Å². The molecule has 0 bridgehead atoms. The predicted octanol–water partition coefficient (Wildman–Crippen LogP) is 8.76. The number of halogens is 7. The van der Waals surface area contributed by atoms with Crippen molar-refractivity contribution >= 4 is 52.4 Å². The number of rotatable bonds is 7. The number of anilines is 1. The minimum absolute atomic E-state index is 0.0424. The van der Waals surface area contributed by atoms with Crippen molar-refractivity contribution in [2.24, 2.45) is 11.3 Å². The normalized spacial score (nSPS) is 16.8. The Balaban J connectivity index is 1.98. The largest absolute Gasteiger partial charge is 0.460 e. The molecule has 1 aliphatic carbocycles. The number of esters is 1. The van der Waals surface area contributed by atoms with E-state index in [2.05, 4.69) is 5.32 Å². The molecule has 1 saturated carbocycles. The van der Waals surface area contributed by atoms with Gasteiger partial charge >= 0.3 is 12.1 Å². The van der Waals surface area contributed by atoms with Gasteiger partial charge in [-0.2, -0.15) is 13.2 Å². The molecule has 0 heterocycles. The first-order chi connectivity index (χ1) is 17.4. The second kappa shape index (κ2) is 11.2. The lowest BCUT2D eigenvalue weighted by atomic mass is 9.65. The fourth-order valence-corrected chi connectivity index (χ4v) is 5.10. The topological polar surface area (TPSA) is 55.4 Å². The zero-order chi connectivity index (χ0) is 28.6. The number of alkyl halides is 3. The molecule has 2 atom stereocenters. The lowest BCUT2D eigenvalue weighted by Gasteiger charge is -2.41. The van der Waals surface area contributed by atoms with Crippen LogP contribution < -0.4 is 5.32 Å². The van der Waals surface area contributed by atoms with Crippen molar-refractivity contribution in [2.45, 2.75) is 71.1 Å². The van der Waals surface area contributed by atoms with E-state index in [1.165, 1.54) is 30.3 Å². The Hall–Kier alpha value is -2.03. The Morgan fingerprint density at radius 1 is 1.05 bits per heavy atom. The predicted molar refractivity (Wildman–Crippen MR) is 140 cm³/mol. The molecule has 1 aliphatic rings. The first-order valence-corrected chi connectivity index (χ1v) is 13.1. The van der Waals surface area contributed by atoms with Gasteiger partial charge < -0.3 is 10.1 Å². The number of carbonyl (C=O) groups is 2. The first kappa shape index (κ1) is 30.5. The molecule has 0 unspecified atom stereocenters. The number of hydrogen-bond donors (Lipinski definition) is 1. The molecule has 0 aromatic heterocycles. The van der Waals surface area contributed by atoms with Crippen LogP contribution in [0.5, 0.6) is 0 Å². The van der Waals surface area contributed by atoms with Gasteiger partial charge in [0.15, 0.2) is 5.82 Å². The summed E-state index contributed by atoms with van der Waals surface area (Å²) in [7, 11) is 0. The molecule has 11 heteroatoms. The number of amides is 1. The molecule has 3 rings (SSSR count). The van der Waals surface area contributed by atoms with Gasteiger partial charge in [-0.25, -0.2) is 4.39 Å². The van der Waals surface area contributed by atoms with E-state index in [1.807, 2.05) is 0 Å². The average Bonchev–Trinajstić information content (AvgIpc) is 2.75. The highest BCUT2D eigenvalue weighted by Crippen LogP contribution is 2.48. The third-order valence-corrected chi connectivity index (χ3v) is 7.59. The monoisotopic (exact) mass is 595 g/mol. The van der Waals surface area contributed by atoms with Gasteiger partial charge in [-0.1, -0.05) is 60.3 Å². The standard InChI is InChI=1S/C27H28Cl3F4NO3/c1-14(27(32,33)34)20(15-6-8-16(28)9-7-15)23(36)35-22-19(30)12-18(29)17(21(22)31)13-26(10-5-11-26)24(37)38-25(2,3)4/h6-9,12,14,20H,5,10-11,13H2,1-4H3,(H,35,36)/t14-,20+/m1/s1. The van der Waals surface area contributed by atoms with Crippen LogP contribution in [0.25, 0.3) is 0 Å². The van der Waals surface area contributed by atoms with Crippen molar-refractivity contribution in [2.75, 3.05) is 5.32 Å². The first-order valence-electron chi connectivity index (χ1n) is 12.0. The fraction of sp³-hybridized carbons (Fsp3) is 0.481. The van der Waals surface area contributed by atoms with Crippen molar-refractivity contribution in [3.05, 3.63) is 62.3 Å². The second-order valence-electron chi connectivity index (χ2n) is 10.7. The van der Waals surface area contributed by atoms with Crippen LogP contribution in [-0.4, -0.2) is 23.7 Å². The average molecular weight is 597 g/mol. The molecule has 1 amide bonds. The van der Waals surface area contributed by atoms with Gasteiger partial charge in [-0.05, 0) is 63.8 Å². The van der Waals surface area contributed by atoms with Gasteiger partial charge in [0.2, 0.25) is 5.91 Å². The van der Waals surface area contributed by atoms with Crippen molar-refractivity contribution in [3.63, 3.8) is 0 Å². The van der Waals surface area contributed by atoms with Gasteiger partial charge in [0.05, 0.1) is 28.0 Å². The lowest BCUT2D eigenvalue weighted by molar-refractivity contribution is -0.178. The van der Waals surface area contributed by atoms with E-state index in [0.29, 0.717) is 12.8 Å². The molecule has 0 radical (unpaired) electrons. The highest BCUT2D eigenvalue weighted by atomic mass is 35.5. The Labute approximate surface area is 234 Å². The smallest absolute Gasteiger partial charge is 0.392 e. The lowest BCUT2D eigenvalue weighted by Crippen LogP contribution is -2.44. The molecule has 38 heavy (non-hydrogen) atoms. The minimum atomic E-state index is -4.72. The molecule has 2 aromatic rings. The zero-order valence-corrected chi connectivity index (χ0v) is 23.5. The maximum absolute atomic E-state index is 15.8. The number of carbonyl (C=O) groups excluding carboxylic acids is 2. The molecular weight excluding hydrogens is 569 g/mol. The molecule has 0 spiro atoms. The van der Waals surface area contributed by atoms with E-state index < -0.39 is 52.4 Å². The SMILES string of the molecule is C[C@H]([C@H](C(=O)Nc1c(Cl)cc(Cl)c(CC2(C(=O)OC(C)(C)C)CCC2)c1F)c1ccc(Cl)cc1)C(F)(F)F. The van der Waals surface area contributed by atoms with Crippen molar-refractivity contribution in [1.82, 2.24) is 0 Å². The van der Waals surface area contributed by atoms with Crippen molar-refractivity contribution in [1.29, 1.82) is 0 Å². The Morgan fingerprint density at radius 2 is 1.63 bits per heavy atom. The van der Waals surface area contributed by atoms with Gasteiger partial charge in [-0.3, -0.25) is 9.59 Å². The van der Waals surface area contributed by atoms with Crippen LogP contribution in [0, 0.1) is 17.2 Å².